The molecule has 0 heterocycles. The van der Waals surface area contributed by atoms with Crippen molar-refractivity contribution < 1.29 is 124 Å². The van der Waals surface area contributed by atoms with Crippen molar-refractivity contribution in [3.8, 4) is 0 Å². The van der Waals surface area contributed by atoms with E-state index in [1.165, 1.54) is 0 Å². The molecule has 8 atom stereocenters. The summed E-state index contributed by atoms with van der Waals surface area (Å²) in [5.74, 6) is -2.89. The quantitative estimate of drug-likeness (QED) is 0.105. The molecule has 0 aromatic rings. The van der Waals surface area contributed by atoms with E-state index in [1.807, 2.05) is 83.1 Å². The maximum absolute atomic E-state index is 10.5. The molecule has 0 aliphatic rings. The first-order valence-electron chi connectivity index (χ1n) is 24.7. The van der Waals surface area contributed by atoms with E-state index >= 15 is 0 Å². The molecule has 480 valence electrons. The van der Waals surface area contributed by atoms with E-state index in [-0.39, 0.29) is 175 Å². The summed E-state index contributed by atoms with van der Waals surface area (Å²) in [6.45, 7) is 64.0. The van der Waals surface area contributed by atoms with E-state index in [4.69, 9.17) is 93.9 Å². The van der Waals surface area contributed by atoms with Gasteiger partial charge in [0.2, 0.25) is 0 Å². The van der Waals surface area contributed by atoms with Gasteiger partial charge >= 0.3 is 23.9 Å². The summed E-state index contributed by atoms with van der Waals surface area (Å²) >= 11 is 19.4. The van der Waals surface area contributed by atoms with Gasteiger partial charge in [0.05, 0.1) is 0 Å². The van der Waals surface area contributed by atoms with E-state index < -0.39 is 35.7 Å². The molecule has 0 aliphatic carbocycles. The summed E-state index contributed by atoms with van der Waals surface area (Å²) in [5.41, 5.74) is 28.9. The van der Waals surface area contributed by atoms with Gasteiger partial charge in [-0.05, 0) is 10.8 Å². The molecule has 20 heteroatoms. The summed E-state index contributed by atoms with van der Waals surface area (Å²) in [6.07, 6.45) is 1.59. The molecule has 0 radical (unpaired) electrons. The average molecular weight is 1880 g/mol. The Morgan fingerprint density at radius 1 is 0.408 bits per heavy atom. The molecule has 8 unspecified atom stereocenters. The molecule has 12 nitrogen and oxygen atoms in total. The van der Waals surface area contributed by atoms with Crippen LogP contribution in [0.4, 0.5) is 0 Å². The molecule has 0 rings (SSSR count). The summed E-state index contributed by atoms with van der Waals surface area (Å²) in [5, 5.41) is 33.7. The van der Waals surface area contributed by atoms with Crippen LogP contribution in [-0.4, -0.2) is 91.5 Å². The first-order chi connectivity index (χ1) is 31.4. The van der Waals surface area contributed by atoms with Crippen LogP contribution in [0.3, 0.4) is 0 Å². The molecule has 0 bridgehead atoms. The van der Waals surface area contributed by atoms with Crippen molar-refractivity contribution in [3.05, 3.63) is 50.6 Å². The molecule has 0 aliphatic heterocycles. The van der Waals surface area contributed by atoms with Crippen LogP contribution in [0.25, 0.3) is 22.9 Å². The number of carboxylic acids is 4. The van der Waals surface area contributed by atoms with Gasteiger partial charge in [-0.1, -0.05) is 199 Å². The number of aliphatic carboxylic acids is 4. The van der Waals surface area contributed by atoms with Crippen LogP contribution in [0.15, 0.2) is 0 Å². The monoisotopic (exact) mass is 1880 g/mol. The fourth-order valence-electron chi connectivity index (χ4n) is 3.79. The Balaban J connectivity index is -0.0000000613. The fraction of sp³-hybridized carbons (Fsp3) is 0.857. The zero-order chi connectivity index (χ0) is 60.6. The predicted octanol–water partition coefficient (Wildman–Crippen LogP) is 15.8. The van der Waals surface area contributed by atoms with E-state index in [9.17, 15) is 19.2 Å². The van der Waals surface area contributed by atoms with Crippen molar-refractivity contribution in [3.63, 3.8) is 0 Å². The summed E-state index contributed by atoms with van der Waals surface area (Å²) < 4.78 is 0. The normalized spacial score (nSPS) is 14.6. The van der Waals surface area contributed by atoms with Gasteiger partial charge in [-0.25, -0.2) is 0 Å². The number of carboxylic acid groups (broad SMARTS) is 4. The van der Waals surface area contributed by atoms with Crippen LogP contribution in [0.1, 0.15) is 192 Å². The van der Waals surface area contributed by atoms with Gasteiger partial charge in [0.15, 0.2) is 0 Å². The predicted molar refractivity (Wildman–Crippen MR) is 321 cm³/mol. The molecule has 0 aromatic heterocycles. The zero-order valence-electron chi connectivity index (χ0n) is 51.4. The van der Waals surface area contributed by atoms with E-state index in [1.54, 1.807) is 0 Å². The van der Waals surface area contributed by atoms with Gasteiger partial charge in [0.25, 0.3) is 0 Å². The van der Waals surface area contributed by atoms with Gasteiger partial charge in [-0.3, -0.25) is 19.2 Å². The molecule has 0 spiro atoms. The smallest absolute Gasteiger partial charge is 0.305 e. The summed E-state index contributed by atoms with van der Waals surface area (Å²) in [7, 11) is 0. The van der Waals surface area contributed by atoms with Crippen LogP contribution >= 0.6 is 0 Å². The minimum Gasteiger partial charge on any atom is -0.792 e. The van der Waals surface area contributed by atoms with Crippen molar-refractivity contribution in [1.29, 1.82) is 0 Å². The Morgan fingerprint density at radius 3 is 0.605 bits per heavy atom. The van der Waals surface area contributed by atoms with Gasteiger partial charge in [0.1, 0.15) is 0 Å². The molecule has 8 N–H and O–H groups in total. The van der Waals surface area contributed by atoms with Crippen molar-refractivity contribution in [2.45, 2.75) is 214 Å². The van der Waals surface area contributed by atoms with Crippen molar-refractivity contribution in [2.75, 3.05) is 24.6 Å². The van der Waals surface area contributed by atoms with Gasteiger partial charge < -0.3 is 122 Å². The number of nitrogens with one attached hydrogen (secondary N) is 4. The first kappa shape index (κ1) is 106. The van der Waals surface area contributed by atoms with Crippen LogP contribution in [-0.2, 0) is 154 Å². The molecule has 76 heavy (non-hydrogen) atoms. The van der Waals surface area contributed by atoms with Gasteiger partial charge in [-0.2, -0.15) is 61.4 Å². The second-order valence-electron chi connectivity index (χ2n) is 26.7. The van der Waals surface area contributed by atoms with Gasteiger partial charge in [0, 0.05) is 109 Å². The van der Waals surface area contributed by atoms with Gasteiger partial charge in [-0.15, -0.1) is 10.5 Å². The maximum Gasteiger partial charge on any atom is 0.305 e. The average Bonchev–Trinajstić information content (AvgIpc) is 3.14. The van der Waals surface area contributed by atoms with E-state index in [0.717, 1.165) is 0 Å². The van der Waals surface area contributed by atoms with Crippen LogP contribution in [0.5, 0.6) is 0 Å². The van der Waals surface area contributed by atoms with Crippen molar-refractivity contribution in [2.24, 2.45) is 67.0 Å². The SMILES string of the molecule is CC(C)(C)C(C[S-])C(=O)O.CC(C)(C)C(C[S-])C(=O)O.CC(C)(C)C([S-])CC(=O)O.CC(C)(C)C([S-])CC(=O)O.[CH2-]C(C[NH-])C(C)(C)C.[CH2-]C(C[NH-])C(C)(C)C.[CH2-]CC([NH-])C(C)(C)C.[CH2-]CC([NH-])C(C)(C)C.[Pt].[Pt].[Pt].[Pt]. The summed E-state index contributed by atoms with van der Waals surface area (Å²) in [6, 6.07) is -0.0231. The van der Waals surface area contributed by atoms with Crippen molar-refractivity contribution in [1.82, 2.24) is 0 Å². The molecule has 0 aromatic carbocycles. The maximum atomic E-state index is 10.5. The number of rotatable bonds is 12. The third kappa shape index (κ3) is 70.1. The largest absolute Gasteiger partial charge is 0.792 e. The first-order valence-corrected chi connectivity index (χ1v) is 26.8. The third-order valence-corrected chi connectivity index (χ3v) is 13.7. The third-order valence-electron chi connectivity index (χ3n) is 11.3. The van der Waals surface area contributed by atoms with E-state index in [0.29, 0.717) is 37.4 Å². The standard InChI is InChI=1S/4C7H15N.4C7H14O2S.4Pt/c2*1-6(5-8)7(2,3)4;2*1-5-6(8)7(2,3)4;2*1-7(2,3)5(4-10)6(8)9;2*1-7(2,3)5(10)4-6(8)9;;;;/h4*6,8H,1,5H2,2-4H3;4*5,10H,4H2,1-3H3,(H,8,9);;;;/q4*-2;;;;;;;;/p-4. The Morgan fingerprint density at radius 2 is 0.592 bits per heavy atom. The Hall–Kier alpha value is 1.87. The molecule has 0 amide bonds. The molecular formula is C56H112N4O8Pt4S4-12. The molecule has 0 saturated carbocycles. The van der Waals surface area contributed by atoms with Crippen molar-refractivity contribution >= 4 is 74.4 Å². The van der Waals surface area contributed by atoms with Crippen LogP contribution in [0.2, 0.25) is 0 Å². The number of hydrogen-bond donors (Lipinski definition) is 4. The fourth-order valence-corrected chi connectivity index (χ4v) is 5.36. The minimum absolute atomic E-state index is 0. The van der Waals surface area contributed by atoms with Crippen LogP contribution < -0.4 is 0 Å². The number of carbonyl (C=O) groups is 4. The number of hydrogen-bond acceptors (Lipinski definition) is 8. The zero-order valence-corrected chi connectivity index (χ0v) is 63.8. The van der Waals surface area contributed by atoms with Crippen LogP contribution in [0, 0.1) is 94.7 Å². The minimum atomic E-state index is -0.810. The Kier molecular flexibility index (Phi) is 70.1. The topological polar surface area (TPSA) is 244 Å². The Bertz CT molecular complexity index is 1260. The Labute approximate surface area is 549 Å². The second-order valence-corrected chi connectivity index (χ2v) is 28.5. The molecule has 0 fully saturated rings. The molecule has 0 saturated heterocycles. The van der Waals surface area contributed by atoms with E-state index in [2.05, 4.69) is 111 Å². The molecular weight excluding hydrogens is 1770 g/mol. The summed E-state index contributed by atoms with van der Waals surface area (Å²) in [4.78, 5) is 41.4. The second kappa shape index (κ2) is 50.2.